The molecule has 172 valence electrons. The van der Waals surface area contributed by atoms with Crippen molar-refractivity contribution in [3.63, 3.8) is 0 Å². The Morgan fingerprint density at radius 3 is 1.54 bits per heavy atom. The first-order chi connectivity index (χ1) is 12.9. The van der Waals surface area contributed by atoms with Crippen molar-refractivity contribution < 1.29 is 19.7 Å². The highest BCUT2D eigenvalue weighted by atomic mass is 35.5. The lowest BCUT2D eigenvalue weighted by Gasteiger charge is -2.08. The first kappa shape index (κ1) is 32.3. The smallest absolute Gasteiger partial charge is 0.305 e. The minimum Gasteiger partial charge on any atom is -0.463 e. The molecular weight excluding hydrogens is 378 g/mol. The second-order valence-electron chi connectivity index (χ2n) is 7.85. The number of hydrogen-bond donors (Lipinski definition) is 2. The molecule has 0 rings (SSSR count). The van der Waals surface area contributed by atoms with Gasteiger partial charge in [0.15, 0.2) is 0 Å². The van der Waals surface area contributed by atoms with Crippen LogP contribution in [0.15, 0.2) is 0 Å². The highest BCUT2D eigenvalue weighted by molar-refractivity contribution is 5.85. The molecule has 1 unspecified atom stereocenters. The highest BCUT2D eigenvalue weighted by Crippen LogP contribution is 2.13. The molecule has 0 fully saturated rings. The zero-order valence-corrected chi connectivity index (χ0v) is 19.8. The van der Waals surface area contributed by atoms with Crippen molar-refractivity contribution in [3.05, 3.63) is 0 Å². The number of aliphatic hydroxyl groups is 2. The molecule has 0 spiro atoms. The zero-order chi connectivity index (χ0) is 20.8. The van der Waals surface area contributed by atoms with E-state index >= 15 is 0 Å². The van der Waals surface area contributed by atoms with Crippen LogP contribution < -0.4 is 0 Å². The van der Waals surface area contributed by atoms with Gasteiger partial charge in [-0.3, -0.25) is 4.79 Å². The number of unbranched alkanes of at least 4 members (excludes halogenated alkanes) is 12. The van der Waals surface area contributed by atoms with E-state index in [9.17, 15) is 4.79 Å². The van der Waals surface area contributed by atoms with Crippen LogP contribution in [0.2, 0.25) is 0 Å². The van der Waals surface area contributed by atoms with E-state index in [0.29, 0.717) is 6.42 Å². The van der Waals surface area contributed by atoms with Crippen LogP contribution in [0.4, 0.5) is 0 Å². The topological polar surface area (TPSA) is 70.0 Å². The first-order valence-electron chi connectivity index (χ1n) is 11.0. The average Bonchev–Trinajstić information content (AvgIpc) is 2.63. The van der Waals surface area contributed by atoms with Crippen LogP contribution in [0.3, 0.4) is 0 Å². The van der Waals surface area contributed by atoms with Crippen molar-refractivity contribution in [1.82, 2.24) is 4.90 Å². The molecule has 0 aromatic heterocycles. The van der Waals surface area contributed by atoms with Crippen LogP contribution in [0.5, 0.6) is 0 Å². The van der Waals surface area contributed by atoms with E-state index in [1.807, 2.05) is 26.0 Å². The van der Waals surface area contributed by atoms with Gasteiger partial charge in [0.1, 0.15) is 12.7 Å². The van der Waals surface area contributed by atoms with Crippen molar-refractivity contribution in [2.24, 2.45) is 0 Å². The summed E-state index contributed by atoms with van der Waals surface area (Å²) in [7, 11) is 6.00. The molecule has 0 heterocycles. The number of nitrogens with zero attached hydrogens (tertiary/aromatic N) is 1. The van der Waals surface area contributed by atoms with Gasteiger partial charge >= 0.3 is 5.97 Å². The molecule has 1 atom stereocenters. The van der Waals surface area contributed by atoms with E-state index in [-0.39, 0.29) is 31.6 Å². The van der Waals surface area contributed by atoms with Crippen LogP contribution in [-0.4, -0.2) is 61.5 Å². The third-order valence-corrected chi connectivity index (χ3v) is 4.13. The third-order valence-electron chi connectivity index (χ3n) is 4.13. The quantitative estimate of drug-likeness (QED) is 0.254. The Balaban J connectivity index is -0.00000113. The van der Waals surface area contributed by atoms with Crippen LogP contribution in [-0.2, 0) is 9.53 Å². The van der Waals surface area contributed by atoms with Crippen LogP contribution in [0.25, 0.3) is 0 Å². The van der Waals surface area contributed by atoms with E-state index in [0.717, 1.165) is 12.8 Å². The summed E-state index contributed by atoms with van der Waals surface area (Å²) < 4.78 is 4.85. The molecule has 0 aliphatic carbocycles. The van der Waals surface area contributed by atoms with E-state index < -0.39 is 6.10 Å². The van der Waals surface area contributed by atoms with E-state index in [4.69, 9.17) is 14.9 Å². The number of ether oxygens (including phenoxy) is 1. The third kappa shape index (κ3) is 33.2. The lowest BCUT2D eigenvalue weighted by molar-refractivity contribution is -0.147. The molecule has 28 heavy (non-hydrogen) atoms. The lowest BCUT2D eigenvalue weighted by atomic mass is 10.0. The van der Waals surface area contributed by atoms with Crippen LogP contribution >= 0.6 is 12.4 Å². The summed E-state index contributed by atoms with van der Waals surface area (Å²) in [5.41, 5.74) is 0. The Morgan fingerprint density at radius 1 is 0.821 bits per heavy atom. The molecule has 0 saturated heterocycles. The summed E-state index contributed by atoms with van der Waals surface area (Å²) in [4.78, 5) is 13.3. The summed E-state index contributed by atoms with van der Waals surface area (Å²) in [6.07, 6.45) is 16.1. The molecule has 0 aliphatic heterocycles. The van der Waals surface area contributed by atoms with Crippen molar-refractivity contribution in [1.29, 1.82) is 0 Å². The maximum absolute atomic E-state index is 11.3. The minimum absolute atomic E-state index is 0. The first-order valence-corrected chi connectivity index (χ1v) is 11.0. The number of carbonyl (C=O) groups excluding carboxylic acids is 1. The van der Waals surface area contributed by atoms with Gasteiger partial charge < -0.3 is 19.8 Å². The van der Waals surface area contributed by atoms with Gasteiger partial charge in [-0.1, -0.05) is 84.0 Å². The fourth-order valence-electron chi connectivity index (χ4n) is 2.60. The predicted octanol–water partition coefficient (Wildman–Crippen LogP) is 4.96. The summed E-state index contributed by atoms with van der Waals surface area (Å²) in [6, 6.07) is 0. The van der Waals surface area contributed by atoms with Gasteiger partial charge in [0, 0.05) is 6.42 Å². The number of carbonyl (C=O) groups is 1. The molecule has 0 radical (unpaired) electrons. The molecule has 0 aliphatic rings. The Morgan fingerprint density at radius 2 is 1.18 bits per heavy atom. The highest BCUT2D eigenvalue weighted by Gasteiger charge is 2.07. The molecule has 6 heteroatoms. The maximum atomic E-state index is 11.3. The van der Waals surface area contributed by atoms with Gasteiger partial charge in [-0.15, -0.1) is 12.4 Å². The molecule has 0 bridgehead atoms. The summed E-state index contributed by atoms with van der Waals surface area (Å²) in [5, 5.41) is 17.7. The molecule has 2 N–H and O–H groups in total. The minimum atomic E-state index is -0.953. The second kappa shape index (κ2) is 26.6. The second-order valence-corrected chi connectivity index (χ2v) is 7.85. The van der Waals surface area contributed by atoms with Crippen LogP contribution in [0, 0.1) is 0 Å². The Kier molecular flexibility index (Phi) is 30.7. The van der Waals surface area contributed by atoms with Gasteiger partial charge in [-0.2, -0.15) is 0 Å². The van der Waals surface area contributed by atoms with E-state index in [1.165, 1.54) is 70.6 Å². The average molecular weight is 426 g/mol. The normalized spacial score (nSPS) is 11.4. The lowest BCUT2D eigenvalue weighted by Crippen LogP contribution is -2.21. The van der Waals surface area contributed by atoms with Gasteiger partial charge in [-0.05, 0) is 27.6 Å². The fourth-order valence-corrected chi connectivity index (χ4v) is 2.60. The SMILES string of the molecule is CCCCCCCCCCCCCCCC(=O)OCC(O)CO.CN(C)C.Cl. The molecule has 5 nitrogen and oxygen atoms in total. The molecule has 0 amide bonds. The molecular formula is C22H48ClNO4. The Hall–Kier alpha value is -0.360. The van der Waals surface area contributed by atoms with E-state index in [1.54, 1.807) is 0 Å². The van der Waals surface area contributed by atoms with Gasteiger partial charge in [0.2, 0.25) is 0 Å². The van der Waals surface area contributed by atoms with Gasteiger partial charge in [0.25, 0.3) is 0 Å². The number of halogens is 1. The monoisotopic (exact) mass is 425 g/mol. The van der Waals surface area contributed by atoms with Crippen molar-refractivity contribution in [3.8, 4) is 0 Å². The van der Waals surface area contributed by atoms with Crippen molar-refractivity contribution >= 4 is 18.4 Å². The number of rotatable bonds is 17. The number of esters is 1. The Bertz CT molecular complexity index is 302. The van der Waals surface area contributed by atoms with Crippen molar-refractivity contribution in [2.45, 2.75) is 103 Å². The maximum Gasteiger partial charge on any atom is 0.305 e. The molecule has 0 aromatic rings. The summed E-state index contributed by atoms with van der Waals surface area (Å²) in [6.45, 7) is 1.78. The summed E-state index contributed by atoms with van der Waals surface area (Å²) >= 11 is 0. The number of hydrogen-bond acceptors (Lipinski definition) is 5. The largest absolute Gasteiger partial charge is 0.463 e. The Labute approximate surface area is 180 Å². The summed E-state index contributed by atoms with van der Waals surface area (Å²) in [5.74, 6) is -0.277. The van der Waals surface area contributed by atoms with Gasteiger partial charge in [-0.25, -0.2) is 0 Å². The van der Waals surface area contributed by atoms with Gasteiger partial charge in [0.05, 0.1) is 6.61 Å². The molecule has 0 saturated carbocycles. The standard InChI is InChI=1S/C19H38O4.C3H9N.ClH/c1-2-3-4-5-6-7-8-9-10-11-12-13-14-15-19(22)23-17-18(21)16-20;1-4(2)3;/h18,20-21H,2-17H2,1H3;1-3H3;1H. The van der Waals surface area contributed by atoms with Crippen molar-refractivity contribution in [2.75, 3.05) is 34.4 Å². The zero-order valence-electron chi connectivity index (χ0n) is 19.0. The van der Waals surface area contributed by atoms with Crippen LogP contribution in [0.1, 0.15) is 96.8 Å². The molecule has 0 aromatic carbocycles. The number of aliphatic hydroxyl groups excluding tert-OH is 2. The predicted molar refractivity (Wildman–Crippen MR) is 121 cm³/mol. The fraction of sp³-hybridized carbons (Fsp3) is 0.955. The van der Waals surface area contributed by atoms with E-state index in [2.05, 4.69) is 6.92 Å².